The molecule has 0 aliphatic heterocycles. The SMILES string of the molecule is N#CCCOCCCN(CCCOCCC#N)CCCOCCCN(CCCOCCCN(CCCOCCC#N)CCCOCCC#N)CCCOCCCN(CCCOCCCN(CCCOCCC#N)CCCOCCC#N)CCCOCCCN(CCCOCCC#N)CCCOCCC#N. The first-order chi connectivity index (χ1) is 52.0. The quantitative estimate of drug-likeness (QED) is 0.0512. The zero-order chi connectivity index (χ0) is 75.8. The predicted octanol–water partition coefficient (Wildman–Crippen LogP) is 9.35. The smallest absolute Gasteiger partial charge is 0.0645 e. The van der Waals surface area contributed by atoms with Gasteiger partial charge in [0.2, 0.25) is 0 Å². The molecular formula is C78H140N14O13. The summed E-state index contributed by atoms with van der Waals surface area (Å²) in [4.78, 5) is 14.8. The van der Waals surface area contributed by atoms with Gasteiger partial charge in [-0.15, -0.1) is 0 Å². The average molecular weight is 1480 g/mol. The first kappa shape index (κ1) is 100. The lowest BCUT2D eigenvalue weighted by Gasteiger charge is -2.24. The monoisotopic (exact) mass is 1480 g/mol. The average Bonchev–Trinajstić information content (AvgIpc) is 3.80. The summed E-state index contributed by atoms with van der Waals surface area (Å²) >= 11 is 0. The van der Waals surface area contributed by atoms with Crippen molar-refractivity contribution in [2.24, 2.45) is 0 Å². The molecule has 27 nitrogen and oxygen atoms in total. The van der Waals surface area contributed by atoms with Crippen LogP contribution in [-0.4, -0.2) is 319 Å². The van der Waals surface area contributed by atoms with Crippen LogP contribution < -0.4 is 0 Å². The number of nitrogens with zero attached hydrogens (tertiary/aromatic N) is 14. The van der Waals surface area contributed by atoms with Gasteiger partial charge in [-0.2, -0.15) is 42.1 Å². The maximum Gasteiger partial charge on any atom is 0.0645 e. The van der Waals surface area contributed by atoms with E-state index in [0.29, 0.717) is 223 Å². The minimum Gasteiger partial charge on any atom is -0.381 e. The predicted molar refractivity (Wildman–Crippen MR) is 404 cm³/mol. The lowest BCUT2D eigenvalue weighted by atomic mass is 10.3. The van der Waals surface area contributed by atoms with E-state index in [2.05, 4.69) is 78.0 Å². The molecule has 0 spiro atoms. The second-order valence-corrected chi connectivity index (χ2v) is 25.6. The van der Waals surface area contributed by atoms with Crippen LogP contribution in [0.2, 0.25) is 0 Å². The van der Waals surface area contributed by atoms with Crippen LogP contribution in [0.1, 0.15) is 167 Å². The summed E-state index contributed by atoms with van der Waals surface area (Å²) in [5.41, 5.74) is 0. The summed E-state index contributed by atoms with van der Waals surface area (Å²) < 4.78 is 76.4. The fourth-order valence-electron chi connectivity index (χ4n) is 11.3. The van der Waals surface area contributed by atoms with Gasteiger partial charge in [0.25, 0.3) is 0 Å². The van der Waals surface area contributed by atoms with E-state index in [-0.39, 0.29) is 0 Å². The van der Waals surface area contributed by atoms with Gasteiger partial charge in [0, 0.05) is 237 Å². The summed E-state index contributed by atoms with van der Waals surface area (Å²) in [5.74, 6) is 0. The molecule has 0 aromatic heterocycles. The minimum atomic E-state index is 0.399. The van der Waals surface area contributed by atoms with Gasteiger partial charge in [-0.05, 0) is 116 Å². The van der Waals surface area contributed by atoms with E-state index >= 15 is 0 Å². The Bertz CT molecular complexity index is 1800. The Morgan fingerprint density at radius 2 is 0.200 bits per heavy atom. The van der Waals surface area contributed by atoms with Gasteiger partial charge in [-0.25, -0.2) is 0 Å². The van der Waals surface area contributed by atoms with E-state index in [1.165, 1.54) is 0 Å². The number of nitriles is 8. The topological polar surface area (TPSA) is 330 Å². The minimum absolute atomic E-state index is 0.399. The third kappa shape index (κ3) is 78.6. The molecule has 105 heavy (non-hydrogen) atoms. The molecule has 0 aromatic carbocycles. The summed E-state index contributed by atoms with van der Waals surface area (Å²) in [6.07, 6.45) is 19.5. The molecule has 0 atom stereocenters. The molecule has 0 saturated carbocycles. The van der Waals surface area contributed by atoms with Crippen LogP contribution >= 0.6 is 0 Å². The van der Waals surface area contributed by atoms with E-state index in [0.717, 1.165) is 233 Å². The van der Waals surface area contributed by atoms with Crippen molar-refractivity contribution in [3.63, 3.8) is 0 Å². The lowest BCUT2D eigenvalue weighted by molar-refractivity contribution is 0.0813. The van der Waals surface area contributed by atoms with Crippen LogP contribution in [0.3, 0.4) is 0 Å². The van der Waals surface area contributed by atoms with Crippen molar-refractivity contribution >= 4 is 0 Å². The fourth-order valence-corrected chi connectivity index (χ4v) is 11.3. The zero-order valence-electron chi connectivity index (χ0n) is 65.1. The van der Waals surface area contributed by atoms with Gasteiger partial charge in [-0.1, -0.05) is 0 Å². The molecule has 0 fully saturated rings. The van der Waals surface area contributed by atoms with E-state index in [1.54, 1.807) is 0 Å². The molecule has 0 rings (SSSR count). The van der Waals surface area contributed by atoms with Crippen molar-refractivity contribution in [1.29, 1.82) is 42.1 Å². The molecule has 600 valence electrons. The van der Waals surface area contributed by atoms with Gasteiger partial charge >= 0.3 is 0 Å². The molecule has 0 heterocycles. The molecule has 0 N–H and O–H groups in total. The van der Waals surface area contributed by atoms with Crippen molar-refractivity contribution in [2.45, 2.75) is 167 Å². The standard InChI is InChI=1S/C78H140N14O13/c79-27-1-53-93-61-9-35-87(36-10-62-94-54-2-28-80)43-17-69-101-73-21-47-91(48-22-74-102-70-18-44-88(37-11-63-95-55-3-29-81)38-12-64-96-56-4-30-82)51-25-77-105-78-26-52-92(49-23-75-103-71-19-45-89(39-13-65-97-57-5-31-83)40-14-66-98-58-6-32-84)50-24-76-104-72-20-46-90(41-15-67-99-59-7-33-85)42-16-68-100-60-8-34-86/h1-26,35-78H2. The first-order valence-corrected chi connectivity index (χ1v) is 39.8. The molecule has 0 radical (unpaired) electrons. The van der Waals surface area contributed by atoms with Crippen LogP contribution in [0.15, 0.2) is 0 Å². The van der Waals surface area contributed by atoms with Crippen molar-refractivity contribution < 1.29 is 61.6 Å². The maximum atomic E-state index is 8.86. The second kappa shape index (κ2) is 88.1. The largest absolute Gasteiger partial charge is 0.381 e. The van der Waals surface area contributed by atoms with Gasteiger partial charge < -0.3 is 91.0 Å². The number of rotatable bonds is 88. The van der Waals surface area contributed by atoms with Gasteiger partial charge in [-0.3, -0.25) is 0 Å². The highest BCUT2D eigenvalue weighted by Gasteiger charge is 2.13. The Labute approximate surface area is 635 Å². The van der Waals surface area contributed by atoms with E-state index in [1.807, 2.05) is 0 Å². The Kier molecular flexibility index (Phi) is 84.0. The normalized spacial score (nSPS) is 11.4. The lowest BCUT2D eigenvalue weighted by Crippen LogP contribution is -2.31. The van der Waals surface area contributed by atoms with Gasteiger partial charge in [0.05, 0.1) is 153 Å². The number of ether oxygens (including phenoxy) is 13. The molecule has 27 heteroatoms. The van der Waals surface area contributed by atoms with Crippen LogP contribution in [0, 0.1) is 90.6 Å². The van der Waals surface area contributed by atoms with E-state index < -0.39 is 0 Å². The molecule has 0 aliphatic rings. The van der Waals surface area contributed by atoms with Crippen LogP contribution in [0.25, 0.3) is 0 Å². The maximum absolute atomic E-state index is 8.86. The van der Waals surface area contributed by atoms with E-state index in [4.69, 9.17) is 104 Å². The van der Waals surface area contributed by atoms with Crippen LogP contribution in [0.5, 0.6) is 0 Å². The highest BCUT2D eigenvalue weighted by molar-refractivity contribution is 4.73. The Hall–Kier alpha value is -4.84. The fraction of sp³-hybridized carbons (Fsp3) is 0.897. The molecule has 0 bridgehead atoms. The number of hydrogen-bond acceptors (Lipinski definition) is 27. The molecule has 0 aliphatic carbocycles. The Morgan fingerprint density at radius 3 is 0.276 bits per heavy atom. The highest BCUT2D eigenvalue weighted by atomic mass is 16.5. The number of hydrogen-bond donors (Lipinski definition) is 0. The summed E-state index contributed by atoms with van der Waals surface area (Å²) in [5, 5.41) is 70.9. The summed E-state index contributed by atoms with van der Waals surface area (Å²) in [6, 6.07) is 17.1. The van der Waals surface area contributed by atoms with Crippen molar-refractivity contribution in [3.8, 4) is 48.6 Å². The Balaban J connectivity index is 5.71. The van der Waals surface area contributed by atoms with Crippen LogP contribution in [0.4, 0.5) is 0 Å². The Morgan fingerprint density at radius 1 is 0.124 bits per heavy atom. The van der Waals surface area contributed by atoms with Crippen molar-refractivity contribution in [2.75, 3.05) is 290 Å². The third-order valence-electron chi connectivity index (χ3n) is 16.6. The van der Waals surface area contributed by atoms with Crippen molar-refractivity contribution in [1.82, 2.24) is 29.4 Å². The molecule has 0 unspecified atom stereocenters. The van der Waals surface area contributed by atoms with Gasteiger partial charge in [0.1, 0.15) is 0 Å². The molecular weight excluding hydrogens is 1340 g/mol. The highest BCUT2D eigenvalue weighted by Crippen LogP contribution is 2.08. The van der Waals surface area contributed by atoms with Gasteiger partial charge in [0.15, 0.2) is 0 Å². The first-order valence-electron chi connectivity index (χ1n) is 39.8. The third-order valence-corrected chi connectivity index (χ3v) is 16.6. The molecule has 0 amide bonds. The molecule has 0 saturated heterocycles. The van der Waals surface area contributed by atoms with E-state index in [9.17, 15) is 0 Å². The molecule has 0 aromatic rings. The second-order valence-electron chi connectivity index (χ2n) is 25.6. The van der Waals surface area contributed by atoms with Crippen LogP contribution in [-0.2, 0) is 61.6 Å². The summed E-state index contributed by atoms with van der Waals surface area (Å²) in [6.45, 7) is 31.9. The van der Waals surface area contributed by atoms with Crippen molar-refractivity contribution in [3.05, 3.63) is 0 Å². The zero-order valence-corrected chi connectivity index (χ0v) is 65.1. The summed E-state index contributed by atoms with van der Waals surface area (Å²) in [7, 11) is 0.